The summed E-state index contributed by atoms with van der Waals surface area (Å²) in [5.41, 5.74) is 3.48. The first-order chi connectivity index (χ1) is 9.33. The zero-order valence-corrected chi connectivity index (χ0v) is 11.4. The van der Waals surface area contributed by atoms with Crippen molar-refractivity contribution < 1.29 is 0 Å². The average molecular weight is 273 g/mol. The summed E-state index contributed by atoms with van der Waals surface area (Å²) in [6, 6.07) is 4.15. The summed E-state index contributed by atoms with van der Waals surface area (Å²) in [4.78, 5) is 1.22. The van der Waals surface area contributed by atoms with Gasteiger partial charge in [0, 0.05) is 37.5 Å². The number of thiophene rings is 1. The van der Waals surface area contributed by atoms with Crippen LogP contribution in [0.4, 0.5) is 0 Å². The Kier molecular flexibility index (Phi) is 3.43. The van der Waals surface area contributed by atoms with Crippen LogP contribution in [0.1, 0.15) is 11.1 Å². The second-order valence-corrected chi connectivity index (χ2v) is 5.32. The molecule has 0 saturated carbocycles. The van der Waals surface area contributed by atoms with Gasteiger partial charge in [-0.2, -0.15) is 10.2 Å². The maximum atomic E-state index is 4.15. The molecule has 0 aliphatic rings. The molecule has 5 nitrogen and oxygen atoms in total. The van der Waals surface area contributed by atoms with Crippen LogP contribution in [-0.4, -0.2) is 20.0 Å². The highest BCUT2D eigenvalue weighted by Crippen LogP contribution is 2.25. The number of aryl methyl sites for hydroxylation is 1. The quantitative estimate of drug-likeness (QED) is 0.749. The van der Waals surface area contributed by atoms with Crippen molar-refractivity contribution in [2.45, 2.75) is 13.1 Å². The largest absolute Gasteiger partial charge is 0.308 e. The Morgan fingerprint density at radius 2 is 2.32 bits per heavy atom. The maximum absolute atomic E-state index is 4.15. The van der Waals surface area contributed by atoms with Crippen LogP contribution in [0, 0.1) is 0 Å². The van der Waals surface area contributed by atoms with Crippen molar-refractivity contribution in [2.75, 3.05) is 0 Å². The molecule has 3 aromatic rings. The first kappa shape index (κ1) is 12.1. The lowest BCUT2D eigenvalue weighted by Crippen LogP contribution is -2.12. The van der Waals surface area contributed by atoms with E-state index in [9.17, 15) is 0 Å². The molecule has 3 heterocycles. The van der Waals surface area contributed by atoms with E-state index in [-0.39, 0.29) is 0 Å². The topological polar surface area (TPSA) is 58.5 Å². The van der Waals surface area contributed by atoms with Gasteiger partial charge in [0.15, 0.2) is 0 Å². The van der Waals surface area contributed by atoms with Crippen LogP contribution in [0.15, 0.2) is 36.1 Å². The molecule has 0 bridgehead atoms. The molecule has 0 amide bonds. The summed E-state index contributed by atoms with van der Waals surface area (Å²) in [5.74, 6) is 0. The first-order valence-electron chi connectivity index (χ1n) is 6.07. The van der Waals surface area contributed by atoms with E-state index in [4.69, 9.17) is 0 Å². The molecule has 0 atom stereocenters. The molecule has 0 unspecified atom stereocenters. The fourth-order valence-electron chi connectivity index (χ4n) is 1.98. The SMILES string of the molecule is Cn1cc(CNCc2cn[nH]c2-c2cccs2)cn1. The van der Waals surface area contributed by atoms with Crippen LogP contribution in [0.25, 0.3) is 10.6 Å². The van der Waals surface area contributed by atoms with Gasteiger partial charge in [-0.1, -0.05) is 6.07 Å². The van der Waals surface area contributed by atoms with Gasteiger partial charge in [0.05, 0.1) is 23.0 Å². The molecule has 0 saturated heterocycles. The monoisotopic (exact) mass is 273 g/mol. The summed E-state index contributed by atoms with van der Waals surface area (Å²) < 4.78 is 1.81. The Bertz CT molecular complexity index is 638. The van der Waals surface area contributed by atoms with Crippen molar-refractivity contribution in [2.24, 2.45) is 7.05 Å². The standard InChI is InChI=1S/C13H15N5S/c1-18-9-10(6-16-18)5-14-7-11-8-15-17-13(11)12-3-2-4-19-12/h2-4,6,8-9,14H,5,7H2,1H3,(H,15,17). The zero-order chi connectivity index (χ0) is 13.1. The number of aromatic amines is 1. The summed E-state index contributed by atoms with van der Waals surface area (Å²) in [6.07, 6.45) is 5.77. The molecule has 6 heteroatoms. The molecule has 98 valence electrons. The molecular weight excluding hydrogens is 258 g/mol. The molecule has 0 fully saturated rings. The Morgan fingerprint density at radius 3 is 3.05 bits per heavy atom. The molecule has 3 rings (SSSR count). The van der Waals surface area contributed by atoms with E-state index >= 15 is 0 Å². The van der Waals surface area contributed by atoms with Gasteiger partial charge in [0.2, 0.25) is 0 Å². The third kappa shape index (κ3) is 2.74. The highest BCUT2D eigenvalue weighted by atomic mass is 32.1. The first-order valence-corrected chi connectivity index (χ1v) is 6.95. The highest BCUT2D eigenvalue weighted by molar-refractivity contribution is 7.13. The maximum Gasteiger partial charge on any atom is 0.0794 e. The van der Waals surface area contributed by atoms with Crippen molar-refractivity contribution in [3.63, 3.8) is 0 Å². The minimum atomic E-state index is 0.790. The minimum absolute atomic E-state index is 0.790. The van der Waals surface area contributed by atoms with Crippen molar-refractivity contribution in [3.8, 4) is 10.6 Å². The molecule has 19 heavy (non-hydrogen) atoms. The van der Waals surface area contributed by atoms with Crippen LogP contribution in [0.5, 0.6) is 0 Å². The van der Waals surface area contributed by atoms with Crippen LogP contribution >= 0.6 is 11.3 Å². The molecule has 0 aromatic carbocycles. The van der Waals surface area contributed by atoms with E-state index in [0.717, 1.165) is 18.8 Å². The van der Waals surface area contributed by atoms with Crippen molar-refractivity contribution in [1.82, 2.24) is 25.3 Å². The Hall–Kier alpha value is -1.92. The van der Waals surface area contributed by atoms with Gasteiger partial charge in [-0.05, 0) is 11.4 Å². The van der Waals surface area contributed by atoms with Crippen molar-refractivity contribution in [1.29, 1.82) is 0 Å². The lowest BCUT2D eigenvalue weighted by atomic mass is 10.2. The molecule has 0 aliphatic heterocycles. The van der Waals surface area contributed by atoms with Crippen LogP contribution in [0.2, 0.25) is 0 Å². The smallest absolute Gasteiger partial charge is 0.0794 e. The lowest BCUT2D eigenvalue weighted by Gasteiger charge is -2.03. The van der Waals surface area contributed by atoms with E-state index in [0.29, 0.717) is 0 Å². The van der Waals surface area contributed by atoms with Gasteiger partial charge in [-0.15, -0.1) is 11.3 Å². The lowest BCUT2D eigenvalue weighted by molar-refractivity contribution is 0.693. The third-order valence-electron chi connectivity index (χ3n) is 2.89. The number of rotatable bonds is 5. The zero-order valence-electron chi connectivity index (χ0n) is 10.6. The Labute approximate surface area is 115 Å². The van der Waals surface area contributed by atoms with E-state index in [1.54, 1.807) is 11.3 Å². The fraction of sp³-hybridized carbons (Fsp3) is 0.231. The van der Waals surface area contributed by atoms with E-state index in [2.05, 4.69) is 32.1 Å². The second-order valence-electron chi connectivity index (χ2n) is 4.37. The van der Waals surface area contributed by atoms with Gasteiger partial charge in [0.1, 0.15) is 0 Å². The molecule has 0 radical (unpaired) electrons. The number of aromatic nitrogens is 4. The Balaban J connectivity index is 1.63. The fourth-order valence-corrected chi connectivity index (χ4v) is 2.74. The molecule has 0 aliphatic carbocycles. The summed E-state index contributed by atoms with van der Waals surface area (Å²) >= 11 is 1.72. The summed E-state index contributed by atoms with van der Waals surface area (Å²) in [6.45, 7) is 1.60. The molecule has 2 N–H and O–H groups in total. The number of H-pyrrole nitrogens is 1. The molecule has 3 aromatic heterocycles. The summed E-state index contributed by atoms with van der Waals surface area (Å²) in [5, 5.41) is 16.8. The number of hydrogen-bond acceptors (Lipinski definition) is 4. The van der Waals surface area contributed by atoms with Crippen molar-refractivity contribution in [3.05, 3.63) is 47.2 Å². The minimum Gasteiger partial charge on any atom is -0.308 e. The Morgan fingerprint density at radius 1 is 1.37 bits per heavy atom. The number of nitrogens with one attached hydrogen (secondary N) is 2. The number of nitrogens with zero attached hydrogens (tertiary/aromatic N) is 3. The van der Waals surface area contributed by atoms with Gasteiger partial charge in [0.25, 0.3) is 0 Å². The van der Waals surface area contributed by atoms with E-state index < -0.39 is 0 Å². The highest BCUT2D eigenvalue weighted by Gasteiger charge is 2.08. The normalized spacial score (nSPS) is 11.0. The predicted octanol–water partition coefficient (Wildman–Crippen LogP) is 2.16. The summed E-state index contributed by atoms with van der Waals surface area (Å²) in [7, 11) is 1.93. The number of hydrogen-bond donors (Lipinski definition) is 2. The predicted molar refractivity (Wildman–Crippen MR) is 75.7 cm³/mol. The van der Waals surface area contributed by atoms with Gasteiger partial charge in [-0.25, -0.2) is 0 Å². The third-order valence-corrected chi connectivity index (χ3v) is 3.78. The van der Waals surface area contributed by atoms with Crippen LogP contribution in [-0.2, 0) is 20.1 Å². The van der Waals surface area contributed by atoms with Crippen molar-refractivity contribution >= 4 is 11.3 Å². The van der Waals surface area contributed by atoms with E-state index in [1.165, 1.54) is 16.0 Å². The van der Waals surface area contributed by atoms with E-state index in [1.807, 2.05) is 36.4 Å². The van der Waals surface area contributed by atoms with Crippen LogP contribution < -0.4 is 5.32 Å². The van der Waals surface area contributed by atoms with Gasteiger partial charge in [-0.3, -0.25) is 9.78 Å². The average Bonchev–Trinajstić information content (AvgIpc) is 3.09. The van der Waals surface area contributed by atoms with Gasteiger partial charge < -0.3 is 5.32 Å². The van der Waals surface area contributed by atoms with Gasteiger partial charge >= 0.3 is 0 Å². The second kappa shape index (κ2) is 5.38. The molecular formula is C13H15N5S. The van der Waals surface area contributed by atoms with Crippen LogP contribution in [0.3, 0.4) is 0 Å². The molecule has 0 spiro atoms.